The molecule has 1 rings (SSSR count). The standard InChI is InChI=1S/C11H14N2O4/c1-3-17-11-8(5-4-6-12-11)10(15)13-7-9(14)16-2/h4-6H,3,7H2,1-2H3,(H,13,15). The Bertz CT molecular complexity index is 406. The number of aromatic nitrogens is 1. The van der Waals surface area contributed by atoms with Crippen molar-refractivity contribution in [1.82, 2.24) is 10.3 Å². The summed E-state index contributed by atoms with van der Waals surface area (Å²) in [6.45, 7) is 2.02. The Balaban J connectivity index is 2.71. The third kappa shape index (κ3) is 3.75. The monoisotopic (exact) mass is 238 g/mol. The summed E-state index contributed by atoms with van der Waals surface area (Å²) in [5.41, 5.74) is 0.290. The topological polar surface area (TPSA) is 77.5 Å². The second-order valence-corrected chi connectivity index (χ2v) is 3.05. The van der Waals surface area contributed by atoms with Crippen LogP contribution in [-0.2, 0) is 9.53 Å². The van der Waals surface area contributed by atoms with Crippen LogP contribution in [0.4, 0.5) is 0 Å². The number of carbonyl (C=O) groups is 2. The Morgan fingerprint density at radius 2 is 2.24 bits per heavy atom. The van der Waals surface area contributed by atoms with E-state index in [1.165, 1.54) is 13.3 Å². The summed E-state index contributed by atoms with van der Waals surface area (Å²) >= 11 is 0. The van der Waals surface area contributed by atoms with Crippen molar-refractivity contribution in [3.63, 3.8) is 0 Å². The molecule has 0 aliphatic rings. The maximum atomic E-state index is 11.7. The van der Waals surface area contributed by atoms with Crippen LogP contribution in [0.5, 0.6) is 5.88 Å². The van der Waals surface area contributed by atoms with Crippen LogP contribution in [0.3, 0.4) is 0 Å². The lowest BCUT2D eigenvalue weighted by atomic mass is 10.2. The Morgan fingerprint density at radius 3 is 2.88 bits per heavy atom. The number of amides is 1. The summed E-state index contributed by atoms with van der Waals surface area (Å²) < 4.78 is 9.62. The van der Waals surface area contributed by atoms with Crippen molar-refractivity contribution in [1.29, 1.82) is 0 Å². The number of hydrogen-bond acceptors (Lipinski definition) is 5. The molecular weight excluding hydrogens is 224 g/mol. The highest BCUT2D eigenvalue weighted by atomic mass is 16.5. The molecule has 0 aliphatic carbocycles. The maximum Gasteiger partial charge on any atom is 0.325 e. The van der Waals surface area contributed by atoms with E-state index in [-0.39, 0.29) is 12.4 Å². The number of pyridine rings is 1. The molecule has 0 spiro atoms. The average Bonchev–Trinajstić information content (AvgIpc) is 2.36. The highest BCUT2D eigenvalue weighted by molar-refractivity contribution is 5.97. The molecule has 6 heteroatoms. The van der Waals surface area contributed by atoms with Gasteiger partial charge in [0, 0.05) is 6.20 Å². The number of ether oxygens (including phenoxy) is 2. The van der Waals surface area contributed by atoms with E-state index in [1.54, 1.807) is 19.1 Å². The second kappa shape index (κ2) is 6.47. The first-order valence-electron chi connectivity index (χ1n) is 5.11. The van der Waals surface area contributed by atoms with Gasteiger partial charge in [0.05, 0.1) is 13.7 Å². The highest BCUT2D eigenvalue weighted by Crippen LogP contribution is 2.13. The van der Waals surface area contributed by atoms with Gasteiger partial charge < -0.3 is 14.8 Å². The number of nitrogens with one attached hydrogen (secondary N) is 1. The van der Waals surface area contributed by atoms with Crippen LogP contribution in [0.15, 0.2) is 18.3 Å². The molecule has 0 saturated carbocycles. The fourth-order valence-corrected chi connectivity index (χ4v) is 1.14. The number of methoxy groups -OCH3 is 1. The maximum absolute atomic E-state index is 11.7. The Hall–Kier alpha value is -2.11. The van der Waals surface area contributed by atoms with Gasteiger partial charge in [-0.3, -0.25) is 9.59 Å². The summed E-state index contributed by atoms with van der Waals surface area (Å²) in [5.74, 6) is -0.690. The van der Waals surface area contributed by atoms with Gasteiger partial charge in [0.15, 0.2) is 0 Å². The van der Waals surface area contributed by atoms with Gasteiger partial charge in [0.25, 0.3) is 5.91 Å². The van der Waals surface area contributed by atoms with Crippen molar-refractivity contribution in [3.8, 4) is 5.88 Å². The number of hydrogen-bond donors (Lipinski definition) is 1. The highest BCUT2D eigenvalue weighted by Gasteiger charge is 2.13. The van der Waals surface area contributed by atoms with Crippen LogP contribution >= 0.6 is 0 Å². The van der Waals surface area contributed by atoms with Gasteiger partial charge in [-0.1, -0.05) is 0 Å². The largest absolute Gasteiger partial charge is 0.477 e. The van der Waals surface area contributed by atoms with Crippen LogP contribution in [0.1, 0.15) is 17.3 Å². The molecule has 1 N–H and O–H groups in total. The van der Waals surface area contributed by atoms with E-state index in [1.807, 2.05) is 0 Å². The predicted molar refractivity (Wildman–Crippen MR) is 59.8 cm³/mol. The minimum atomic E-state index is -0.514. The third-order valence-electron chi connectivity index (χ3n) is 1.92. The van der Waals surface area contributed by atoms with Gasteiger partial charge in [-0.15, -0.1) is 0 Å². The summed E-state index contributed by atoms with van der Waals surface area (Å²) in [6.07, 6.45) is 1.53. The molecule has 0 atom stereocenters. The predicted octanol–water partition coefficient (Wildman–Crippen LogP) is 0.383. The summed E-state index contributed by atoms with van der Waals surface area (Å²) in [6, 6.07) is 3.19. The number of nitrogens with zero attached hydrogens (tertiary/aromatic N) is 1. The van der Waals surface area contributed by atoms with E-state index in [4.69, 9.17) is 4.74 Å². The van der Waals surface area contributed by atoms with Gasteiger partial charge in [0.1, 0.15) is 12.1 Å². The van der Waals surface area contributed by atoms with Crippen LogP contribution in [0, 0.1) is 0 Å². The summed E-state index contributed by atoms with van der Waals surface area (Å²) in [4.78, 5) is 26.5. The summed E-state index contributed by atoms with van der Waals surface area (Å²) in [5, 5.41) is 2.41. The van der Waals surface area contributed by atoms with Gasteiger partial charge in [-0.05, 0) is 19.1 Å². The molecule has 0 saturated heterocycles. The second-order valence-electron chi connectivity index (χ2n) is 3.05. The molecule has 1 heterocycles. The van der Waals surface area contributed by atoms with Crippen molar-refractivity contribution in [2.75, 3.05) is 20.3 Å². The van der Waals surface area contributed by atoms with Gasteiger partial charge in [-0.25, -0.2) is 4.98 Å². The fourth-order valence-electron chi connectivity index (χ4n) is 1.14. The van der Waals surface area contributed by atoms with E-state index in [0.717, 1.165) is 0 Å². The van der Waals surface area contributed by atoms with Crippen molar-refractivity contribution in [2.24, 2.45) is 0 Å². The molecule has 0 unspecified atom stereocenters. The molecule has 0 fully saturated rings. The van der Waals surface area contributed by atoms with Crippen LogP contribution in [-0.4, -0.2) is 37.1 Å². The quantitative estimate of drug-likeness (QED) is 0.750. The molecule has 0 radical (unpaired) electrons. The first kappa shape index (κ1) is 13.0. The zero-order valence-corrected chi connectivity index (χ0v) is 9.73. The molecule has 0 aliphatic heterocycles. The van der Waals surface area contributed by atoms with Crippen molar-refractivity contribution < 1.29 is 19.1 Å². The van der Waals surface area contributed by atoms with Gasteiger partial charge in [0.2, 0.25) is 5.88 Å². The van der Waals surface area contributed by atoms with Crippen molar-refractivity contribution in [3.05, 3.63) is 23.9 Å². The average molecular weight is 238 g/mol. The number of esters is 1. The van der Waals surface area contributed by atoms with E-state index in [2.05, 4.69) is 15.0 Å². The zero-order valence-electron chi connectivity index (χ0n) is 9.73. The van der Waals surface area contributed by atoms with Crippen molar-refractivity contribution >= 4 is 11.9 Å². The Morgan fingerprint density at radius 1 is 1.47 bits per heavy atom. The van der Waals surface area contributed by atoms with Crippen LogP contribution < -0.4 is 10.1 Å². The molecule has 0 aromatic carbocycles. The first-order chi connectivity index (χ1) is 8.19. The molecule has 1 aromatic heterocycles. The van der Waals surface area contributed by atoms with E-state index in [0.29, 0.717) is 12.2 Å². The lowest BCUT2D eigenvalue weighted by Gasteiger charge is -2.08. The molecule has 0 bridgehead atoms. The lowest BCUT2D eigenvalue weighted by Crippen LogP contribution is -2.30. The van der Waals surface area contributed by atoms with Gasteiger partial charge >= 0.3 is 5.97 Å². The molecular formula is C11H14N2O4. The lowest BCUT2D eigenvalue weighted by molar-refractivity contribution is -0.139. The van der Waals surface area contributed by atoms with Crippen LogP contribution in [0.2, 0.25) is 0 Å². The first-order valence-corrected chi connectivity index (χ1v) is 5.11. The number of rotatable bonds is 5. The minimum Gasteiger partial charge on any atom is -0.477 e. The van der Waals surface area contributed by atoms with E-state index in [9.17, 15) is 9.59 Å². The molecule has 17 heavy (non-hydrogen) atoms. The molecule has 92 valence electrons. The normalized spacial score (nSPS) is 9.53. The van der Waals surface area contributed by atoms with Crippen LogP contribution in [0.25, 0.3) is 0 Å². The zero-order chi connectivity index (χ0) is 12.7. The SMILES string of the molecule is CCOc1ncccc1C(=O)NCC(=O)OC. The molecule has 6 nitrogen and oxygen atoms in total. The van der Waals surface area contributed by atoms with E-state index >= 15 is 0 Å². The van der Waals surface area contributed by atoms with Crippen molar-refractivity contribution in [2.45, 2.75) is 6.92 Å². The summed E-state index contributed by atoms with van der Waals surface area (Å²) in [7, 11) is 1.25. The number of carbonyl (C=O) groups excluding carboxylic acids is 2. The molecule has 1 aromatic rings. The Kier molecular flexibility index (Phi) is 4.93. The third-order valence-corrected chi connectivity index (χ3v) is 1.92. The van der Waals surface area contributed by atoms with E-state index < -0.39 is 11.9 Å². The van der Waals surface area contributed by atoms with Gasteiger partial charge in [-0.2, -0.15) is 0 Å². The smallest absolute Gasteiger partial charge is 0.325 e. The molecule has 1 amide bonds. The Labute approximate surface area is 98.9 Å². The minimum absolute atomic E-state index is 0.185. The fraction of sp³-hybridized carbons (Fsp3) is 0.364.